The third-order valence-electron chi connectivity index (χ3n) is 2.35. The first-order valence-electron chi connectivity index (χ1n) is 4.14. The summed E-state index contributed by atoms with van der Waals surface area (Å²) in [6.45, 7) is 0. The molecule has 78 valence electrons. The van der Waals surface area contributed by atoms with E-state index in [1.165, 1.54) is 18.0 Å². The lowest BCUT2D eigenvalue weighted by Gasteiger charge is -2.34. The third-order valence-corrected chi connectivity index (χ3v) is 2.35. The molecule has 0 bridgehead atoms. The number of aliphatic hydroxyl groups is 3. The summed E-state index contributed by atoms with van der Waals surface area (Å²) in [6.07, 6.45) is -3.18. The average Bonchev–Trinajstić information content (AvgIpc) is 2.64. The van der Waals surface area contributed by atoms with Crippen molar-refractivity contribution >= 4 is 0 Å². The molecule has 4 atom stereocenters. The van der Waals surface area contributed by atoms with Crippen LogP contribution in [-0.4, -0.2) is 49.6 Å². The van der Waals surface area contributed by atoms with E-state index >= 15 is 0 Å². The van der Waals surface area contributed by atoms with Crippen LogP contribution in [0.4, 0.5) is 0 Å². The van der Waals surface area contributed by atoms with Crippen molar-refractivity contribution in [2.45, 2.75) is 24.5 Å². The highest BCUT2D eigenvalue weighted by atomic mass is 16.5. The second kappa shape index (κ2) is 3.28. The predicted octanol–water partition coefficient (Wildman–Crippen LogP) is -1.81. The van der Waals surface area contributed by atoms with E-state index in [4.69, 9.17) is 4.74 Å². The zero-order valence-corrected chi connectivity index (χ0v) is 7.48. The minimum absolute atomic E-state index is 0.328. The zero-order chi connectivity index (χ0) is 10.3. The van der Waals surface area contributed by atoms with Crippen molar-refractivity contribution in [3.8, 4) is 0 Å². The number of fused-ring (bicyclic) bond motifs is 1. The van der Waals surface area contributed by atoms with E-state index in [9.17, 15) is 15.3 Å². The van der Waals surface area contributed by atoms with Crippen LogP contribution >= 0.6 is 0 Å². The summed E-state index contributed by atoms with van der Waals surface area (Å²) in [6, 6.07) is 0. The normalized spacial score (nSPS) is 36.9. The molecule has 0 aliphatic carbocycles. The molecule has 2 heterocycles. The first-order valence-corrected chi connectivity index (χ1v) is 4.14. The molecule has 1 aromatic heterocycles. The van der Waals surface area contributed by atoms with Gasteiger partial charge in [-0.25, -0.2) is 4.68 Å². The highest BCUT2D eigenvalue weighted by Crippen LogP contribution is 2.31. The number of methoxy groups -OCH3 is 1. The van der Waals surface area contributed by atoms with Gasteiger partial charge in [0.25, 0.3) is 0 Å². The van der Waals surface area contributed by atoms with Crippen LogP contribution < -0.4 is 0 Å². The SMILES string of the molecule is CO[C@@H]1[C@H](O)[C@@H](O)[C@H](O)c2cnnn21. The Balaban J connectivity index is 2.44. The van der Waals surface area contributed by atoms with Gasteiger partial charge in [-0.15, -0.1) is 5.10 Å². The van der Waals surface area contributed by atoms with Crippen LogP contribution in [0.1, 0.15) is 18.0 Å². The minimum Gasteiger partial charge on any atom is -0.387 e. The molecule has 0 fully saturated rings. The molecule has 3 N–H and O–H groups in total. The molecule has 0 spiro atoms. The van der Waals surface area contributed by atoms with E-state index in [1.54, 1.807) is 0 Å². The van der Waals surface area contributed by atoms with Crippen molar-refractivity contribution in [1.29, 1.82) is 0 Å². The van der Waals surface area contributed by atoms with Crippen molar-refractivity contribution in [3.63, 3.8) is 0 Å². The second-order valence-electron chi connectivity index (χ2n) is 3.16. The second-order valence-corrected chi connectivity index (χ2v) is 3.16. The highest BCUT2D eigenvalue weighted by molar-refractivity contribution is 5.08. The Kier molecular flexibility index (Phi) is 2.23. The summed E-state index contributed by atoms with van der Waals surface area (Å²) in [4.78, 5) is 0. The lowest BCUT2D eigenvalue weighted by molar-refractivity contribution is -0.166. The van der Waals surface area contributed by atoms with Gasteiger partial charge in [0.2, 0.25) is 0 Å². The topological polar surface area (TPSA) is 101 Å². The maximum atomic E-state index is 9.55. The monoisotopic (exact) mass is 201 g/mol. The Bertz CT molecular complexity index is 328. The molecule has 0 unspecified atom stereocenters. The van der Waals surface area contributed by atoms with E-state index < -0.39 is 24.5 Å². The number of rotatable bonds is 1. The van der Waals surface area contributed by atoms with Crippen molar-refractivity contribution in [3.05, 3.63) is 11.9 Å². The molecule has 0 aromatic carbocycles. The summed E-state index contributed by atoms with van der Waals surface area (Å²) in [5.74, 6) is 0. The van der Waals surface area contributed by atoms with Crippen molar-refractivity contribution < 1.29 is 20.1 Å². The largest absolute Gasteiger partial charge is 0.387 e. The Morgan fingerprint density at radius 2 is 2.07 bits per heavy atom. The number of nitrogens with zero attached hydrogens (tertiary/aromatic N) is 3. The van der Waals surface area contributed by atoms with Gasteiger partial charge in [-0.05, 0) is 0 Å². The molecule has 7 heteroatoms. The molecular formula is C7H11N3O4. The highest BCUT2D eigenvalue weighted by Gasteiger charge is 2.41. The predicted molar refractivity (Wildman–Crippen MR) is 43.0 cm³/mol. The van der Waals surface area contributed by atoms with Gasteiger partial charge >= 0.3 is 0 Å². The van der Waals surface area contributed by atoms with Crippen LogP contribution in [0.25, 0.3) is 0 Å². The lowest BCUT2D eigenvalue weighted by atomic mass is 10.0. The molecule has 0 saturated heterocycles. The zero-order valence-electron chi connectivity index (χ0n) is 7.48. The molecule has 1 aromatic rings. The van der Waals surface area contributed by atoms with E-state index in [1.807, 2.05) is 0 Å². The fourth-order valence-corrected chi connectivity index (χ4v) is 1.58. The van der Waals surface area contributed by atoms with Gasteiger partial charge in [0.15, 0.2) is 6.23 Å². The number of hydrogen-bond donors (Lipinski definition) is 3. The fourth-order valence-electron chi connectivity index (χ4n) is 1.58. The Labute approximate surface area is 79.5 Å². The Hall–Kier alpha value is -1.02. The van der Waals surface area contributed by atoms with Crippen molar-refractivity contribution in [1.82, 2.24) is 15.0 Å². The van der Waals surface area contributed by atoms with Gasteiger partial charge in [-0.1, -0.05) is 5.21 Å². The summed E-state index contributed by atoms with van der Waals surface area (Å²) in [5.41, 5.74) is 0.328. The summed E-state index contributed by atoms with van der Waals surface area (Å²) < 4.78 is 6.20. The first-order chi connectivity index (χ1) is 6.66. The van der Waals surface area contributed by atoms with Crippen molar-refractivity contribution in [2.24, 2.45) is 0 Å². The third kappa shape index (κ3) is 1.14. The molecule has 14 heavy (non-hydrogen) atoms. The molecule has 1 aliphatic heterocycles. The van der Waals surface area contributed by atoms with Crippen LogP contribution in [0.5, 0.6) is 0 Å². The average molecular weight is 201 g/mol. The van der Waals surface area contributed by atoms with Crippen LogP contribution in [-0.2, 0) is 4.74 Å². The number of ether oxygens (including phenoxy) is 1. The maximum absolute atomic E-state index is 9.55. The van der Waals surface area contributed by atoms with E-state index in [0.717, 1.165) is 0 Å². The van der Waals surface area contributed by atoms with Crippen LogP contribution in [0.15, 0.2) is 6.20 Å². The van der Waals surface area contributed by atoms with Crippen LogP contribution in [0.2, 0.25) is 0 Å². The molecule has 1 aliphatic rings. The molecule has 2 rings (SSSR count). The van der Waals surface area contributed by atoms with Crippen LogP contribution in [0, 0.1) is 0 Å². The first kappa shape index (κ1) is 9.53. The standard InChI is InChI=1S/C7H11N3O4/c1-14-7-6(13)5(12)4(11)3-2-8-9-10(3)7/h2,4-7,11-13H,1H3/t4-,5+,6-,7-/m1/s1. The Morgan fingerprint density at radius 3 is 2.71 bits per heavy atom. The summed E-state index contributed by atoms with van der Waals surface area (Å²) in [7, 11) is 1.38. The van der Waals surface area contributed by atoms with E-state index in [2.05, 4.69) is 10.3 Å². The molecule has 0 amide bonds. The summed E-state index contributed by atoms with van der Waals surface area (Å²) >= 11 is 0. The fraction of sp³-hybridized carbons (Fsp3) is 0.714. The van der Waals surface area contributed by atoms with Crippen LogP contribution in [0.3, 0.4) is 0 Å². The maximum Gasteiger partial charge on any atom is 0.180 e. The quantitative estimate of drug-likeness (QED) is 0.495. The Morgan fingerprint density at radius 1 is 1.36 bits per heavy atom. The number of aliphatic hydroxyl groups excluding tert-OH is 3. The molecular weight excluding hydrogens is 190 g/mol. The smallest absolute Gasteiger partial charge is 0.180 e. The number of hydrogen-bond acceptors (Lipinski definition) is 6. The van der Waals surface area contributed by atoms with Gasteiger partial charge in [0, 0.05) is 7.11 Å². The number of aromatic nitrogens is 3. The molecule has 7 nitrogen and oxygen atoms in total. The van der Waals surface area contributed by atoms with E-state index in [0.29, 0.717) is 5.69 Å². The van der Waals surface area contributed by atoms with Gasteiger partial charge in [0.1, 0.15) is 18.3 Å². The van der Waals surface area contributed by atoms with Crippen molar-refractivity contribution in [2.75, 3.05) is 7.11 Å². The molecule has 0 saturated carbocycles. The van der Waals surface area contributed by atoms with Gasteiger partial charge < -0.3 is 20.1 Å². The lowest BCUT2D eigenvalue weighted by Crippen LogP contribution is -2.45. The molecule has 0 radical (unpaired) electrons. The van der Waals surface area contributed by atoms with Gasteiger partial charge in [-0.2, -0.15) is 0 Å². The van der Waals surface area contributed by atoms with Gasteiger partial charge in [-0.3, -0.25) is 0 Å². The minimum atomic E-state index is -1.29. The van der Waals surface area contributed by atoms with E-state index in [-0.39, 0.29) is 0 Å². The summed E-state index contributed by atoms with van der Waals surface area (Å²) in [5, 5.41) is 35.8. The van der Waals surface area contributed by atoms with Gasteiger partial charge in [0.05, 0.1) is 11.9 Å².